The Morgan fingerprint density at radius 3 is 2.33 bits per heavy atom. The average molecular weight is 574 g/mol. The third kappa shape index (κ3) is 7.99. The number of amides is 2. The smallest absolute Gasteiger partial charge is 0.378 e. The SMILES string of the molecule is O=C(CNC1CC1)Nc1cccc(Sc2ccc(/C=C/C(=O)N3CCOCC3)c(C(F)(F)F)c2C(F)(F)F)c1. The highest BCUT2D eigenvalue weighted by Gasteiger charge is 2.46. The molecule has 1 aliphatic heterocycles. The second-order valence-electron chi connectivity index (χ2n) is 9.00. The molecule has 2 aromatic rings. The Hall–Kier alpha value is -3.03. The highest BCUT2D eigenvalue weighted by molar-refractivity contribution is 7.99. The van der Waals surface area contributed by atoms with Crippen molar-refractivity contribution >= 4 is 35.3 Å². The first-order chi connectivity index (χ1) is 18.4. The maximum atomic E-state index is 14.1. The summed E-state index contributed by atoms with van der Waals surface area (Å²) < 4.78 is 89.7. The zero-order chi connectivity index (χ0) is 28.2. The molecular formula is C26H25F6N3O3S. The maximum absolute atomic E-state index is 14.1. The molecule has 1 saturated heterocycles. The quantitative estimate of drug-likeness (QED) is 0.325. The molecule has 2 amide bonds. The number of nitrogens with one attached hydrogen (secondary N) is 2. The second kappa shape index (κ2) is 12.0. The summed E-state index contributed by atoms with van der Waals surface area (Å²) in [6.07, 6.45) is -7.12. The number of hydrogen-bond donors (Lipinski definition) is 2. The van der Waals surface area contributed by atoms with Gasteiger partial charge in [0.15, 0.2) is 0 Å². The number of benzene rings is 2. The number of halogens is 6. The Bertz CT molecular complexity index is 1240. The van der Waals surface area contributed by atoms with E-state index in [1.807, 2.05) is 0 Å². The fourth-order valence-corrected chi connectivity index (χ4v) is 5.00. The molecule has 1 aliphatic carbocycles. The summed E-state index contributed by atoms with van der Waals surface area (Å²) in [5.74, 6) is -0.966. The molecule has 2 fully saturated rings. The van der Waals surface area contributed by atoms with Gasteiger partial charge in [0, 0.05) is 40.7 Å². The van der Waals surface area contributed by atoms with Crippen molar-refractivity contribution in [2.75, 3.05) is 38.2 Å². The van der Waals surface area contributed by atoms with Crippen LogP contribution < -0.4 is 10.6 Å². The van der Waals surface area contributed by atoms with E-state index in [-0.39, 0.29) is 43.7 Å². The number of rotatable bonds is 8. The van der Waals surface area contributed by atoms with E-state index in [0.29, 0.717) is 23.5 Å². The van der Waals surface area contributed by atoms with E-state index in [2.05, 4.69) is 10.6 Å². The fourth-order valence-electron chi connectivity index (χ4n) is 3.95. The van der Waals surface area contributed by atoms with Crippen LogP contribution in [0.5, 0.6) is 0 Å². The lowest BCUT2D eigenvalue weighted by atomic mass is 9.99. The standard InChI is InChI=1S/C26H25F6N3O3S/c27-25(28,29)23-16(5-9-22(37)35-10-12-38-13-11-35)4-8-20(24(23)26(30,31)32)39-19-3-1-2-18(14-19)34-21(36)15-33-17-6-7-17/h1-5,8-9,14,17,33H,6-7,10-13,15H2,(H,34,36)/b9-5+. The fraction of sp³-hybridized carbons (Fsp3) is 0.385. The molecular weight excluding hydrogens is 548 g/mol. The second-order valence-corrected chi connectivity index (χ2v) is 10.1. The lowest BCUT2D eigenvalue weighted by Gasteiger charge is -2.25. The number of carbonyl (C=O) groups excluding carboxylic acids is 2. The largest absolute Gasteiger partial charge is 0.418 e. The highest BCUT2D eigenvalue weighted by atomic mass is 32.2. The molecule has 2 aromatic carbocycles. The molecule has 1 saturated carbocycles. The van der Waals surface area contributed by atoms with Gasteiger partial charge in [0.05, 0.1) is 30.9 Å². The van der Waals surface area contributed by atoms with Crippen molar-refractivity contribution in [3.63, 3.8) is 0 Å². The summed E-state index contributed by atoms with van der Waals surface area (Å²) in [5.41, 5.74) is -4.19. The van der Waals surface area contributed by atoms with E-state index < -0.39 is 39.8 Å². The van der Waals surface area contributed by atoms with Gasteiger partial charge in [-0.05, 0) is 48.7 Å². The van der Waals surface area contributed by atoms with Gasteiger partial charge in [-0.3, -0.25) is 9.59 Å². The normalized spacial score (nSPS) is 16.5. The van der Waals surface area contributed by atoms with Crippen LogP contribution in [0.1, 0.15) is 29.5 Å². The van der Waals surface area contributed by atoms with Crippen molar-refractivity contribution in [3.8, 4) is 0 Å². The summed E-state index contributed by atoms with van der Waals surface area (Å²) in [5, 5.41) is 5.66. The lowest BCUT2D eigenvalue weighted by Crippen LogP contribution is -2.39. The van der Waals surface area contributed by atoms with Gasteiger partial charge in [-0.25, -0.2) is 0 Å². The van der Waals surface area contributed by atoms with Gasteiger partial charge >= 0.3 is 12.4 Å². The molecule has 1 heterocycles. The summed E-state index contributed by atoms with van der Waals surface area (Å²) >= 11 is 0.497. The first-order valence-corrected chi connectivity index (χ1v) is 12.9. The number of alkyl halides is 6. The summed E-state index contributed by atoms with van der Waals surface area (Å²) in [6.45, 7) is 1.06. The van der Waals surface area contributed by atoms with Crippen LogP contribution in [0.15, 0.2) is 52.3 Å². The Balaban J connectivity index is 1.62. The molecule has 0 aromatic heterocycles. The van der Waals surface area contributed by atoms with E-state index >= 15 is 0 Å². The topological polar surface area (TPSA) is 70.7 Å². The van der Waals surface area contributed by atoms with Gasteiger partial charge < -0.3 is 20.3 Å². The molecule has 210 valence electrons. The number of ether oxygens (including phenoxy) is 1. The first kappa shape index (κ1) is 29.0. The van der Waals surface area contributed by atoms with E-state index in [0.717, 1.165) is 37.1 Å². The first-order valence-electron chi connectivity index (χ1n) is 12.1. The molecule has 39 heavy (non-hydrogen) atoms. The highest BCUT2D eigenvalue weighted by Crippen LogP contribution is 2.48. The Morgan fingerprint density at radius 1 is 1.00 bits per heavy atom. The van der Waals surface area contributed by atoms with Crippen LogP contribution in [0.3, 0.4) is 0 Å². The molecule has 13 heteroatoms. The van der Waals surface area contributed by atoms with Gasteiger partial charge in [0.25, 0.3) is 0 Å². The summed E-state index contributed by atoms with van der Waals surface area (Å²) in [6, 6.07) is 8.01. The van der Waals surface area contributed by atoms with E-state index in [1.165, 1.54) is 29.2 Å². The van der Waals surface area contributed by atoms with E-state index in [4.69, 9.17) is 4.74 Å². The van der Waals surface area contributed by atoms with E-state index in [9.17, 15) is 35.9 Å². The molecule has 0 bridgehead atoms. The molecule has 2 aliphatic rings. The van der Waals surface area contributed by atoms with Crippen LogP contribution in [-0.2, 0) is 26.7 Å². The average Bonchev–Trinajstić information content (AvgIpc) is 3.70. The van der Waals surface area contributed by atoms with E-state index in [1.54, 1.807) is 0 Å². The predicted octanol–water partition coefficient (Wildman–Crippen LogP) is 5.44. The summed E-state index contributed by atoms with van der Waals surface area (Å²) in [4.78, 5) is 25.3. The van der Waals surface area contributed by atoms with Crippen LogP contribution >= 0.6 is 11.8 Å². The van der Waals surface area contributed by atoms with Crippen LogP contribution in [0.2, 0.25) is 0 Å². The van der Waals surface area contributed by atoms with Crippen LogP contribution in [-0.4, -0.2) is 55.6 Å². The minimum atomic E-state index is -5.35. The number of carbonyl (C=O) groups is 2. The molecule has 0 atom stereocenters. The molecule has 0 radical (unpaired) electrons. The zero-order valence-electron chi connectivity index (χ0n) is 20.5. The van der Waals surface area contributed by atoms with Gasteiger partial charge in [-0.15, -0.1) is 0 Å². The number of nitrogens with zero attached hydrogens (tertiary/aromatic N) is 1. The van der Waals surface area contributed by atoms with Crippen LogP contribution in [0.25, 0.3) is 6.08 Å². The molecule has 4 rings (SSSR count). The van der Waals surface area contributed by atoms with Crippen molar-refractivity contribution in [3.05, 3.63) is 59.2 Å². The predicted molar refractivity (Wildman–Crippen MR) is 133 cm³/mol. The summed E-state index contributed by atoms with van der Waals surface area (Å²) in [7, 11) is 0. The van der Waals surface area contributed by atoms with Crippen molar-refractivity contribution in [2.24, 2.45) is 0 Å². The number of hydrogen-bond acceptors (Lipinski definition) is 5. The Labute approximate surface area is 224 Å². The Kier molecular flexibility index (Phi) is 8.92. The van der Waals surface area contributed by atoms with Crippen molar-refractivity contribution in [2.45, 2.75) is 41.0 Å². The molecule has 0 unspecified atom stereocenters. The van der Waals surface area contributed by atoms with Crippen molar-refractivity contribution in [1.82, 2.24) is 10.2 Å². The van der Waals surface area contributed by atoms with Crippen LogP contribution in [0, 0.1) is 0 Å². The third-order valence-electron chi connectivity index (χ3n) is 5.97. The monoisotopic (exact) mass is 573 g/mol. The molecule has 0 spiro atoms. The zero-order valence-corrected chi connectivity index (χ0v) is 21.3. The van der Waals surface area contributed by atoms with Gasteiger partial charge in [0.2, 0.25) is 11.8 Å². The third-order valence-corrected chi connectivity index (χ3v) is 7.02. The van der Waals surface area contributed by atoms with Gasteiger partial charge in [-0.2, -0.15) is 26.3 Å². The molecule has 2 N–H and O–H groups in total. The van der Waals surface area contributed by atoms with Gasteiger partial charge in [-0.1, -0.05) is 23.9 Å². The minimum Gasteiger partial charge on any atom is -0.378 e. The van der Waals surface area contributed by atoms with Crippen molar-refractivity contribution in [1.29, 1.82) is 0 Å². The maximum Gasteiger partial charge on any atom is 0.418 e. The van der Waals surface area contributed by atoms with Crippen molar-refractivity contribution < 1.29 is 40.7 Å². The number of anilines is 1. The molecule has 6 nitrogen and oxygen atoms in total. The minimum absolute atomic E-state index is 0.0677. The number of morpholine rings is 1. The Morgan fingerprint density at radius 2 is 1.69 bits per heavy atom. The van der Waals surface area contributed by atoms with Gasteiger partial charge in [0.1, 0.15) is 0 Å². The van der Waals surface area contributed by atoms with Crippen LogP contribution in [0.4, 0.5) is 32.0 Å². The lowest BCUT2D eigenvalue weighted by molar-refractivity contribution is -0.163.